The van der Waals surface area contributed by atoms with E-state index in [9.17, 15) is 17.6 Å². The summed E-state index contributed by atoms with van der Waals surface area (Å²) in [7, 11) is -2.06. The molecule has 9 heteroatoms. The maximum atomic E-state index is 13.8. The highest BCUT2D eigenvalue weighted by atomic mass is 32.2. The van der Waals surface area contributed by atoms with Crippen LogP contribution in [0.1, 0.15) is 12.5 Å². The predicted molar refractivity (Wildman–Crippen MR) is 116 cm³/mol. The number of piperazine rings is 1. The van der Waals surface area contributed by atoms with Gasteiger partial charge < -0.3 is 15.1 Å². The highest BCUT2D eigenvalue weighted by Crippen LogP contribution is 2.25. The van der Waals surface area contributed by atoms with E-state index in [1.807, 2.05) is 19.1 Å². The molecule has 7 nitrogen and oxygen atoms in total. The van der Waals surface area contributed by atoms with Crippen LogP contribution in [0.4, 0.5) is 15.8 Å². The minimum absolute atomic E-state index is 0.489. The van der Waals surface area contributed by atoms with Gasteiger partial charge in [0, 0.05) is 37.6 Å². The standard InChI is InChI=1S/C21H27FN4O3S/c1-15-14-17(8-9-19(15)26-12-10-25(3)11-13-26)23-21(27)16(2)24-30(28,29)20-7-5-4-6-18(20)22/h4-9,14,16,24H,10-13H2,1-3H3,(H,23,27)/t16-/m0/s1. The van der Waals surface area contributed by atoms with Gasteiger partial charge in [-0.1, -0.05) is 12.1 Å². The zero-order valence-electron chi connectivity index (χ0n) is 17.4. The fraction of sp³-hybridized carbons (Fsp3) is 0.381. The number of amides is 1. The van der Waals surface area contributed by atoms with Crippen LogP contribution >= 0.6 is 0 Å². The lowest BCUT2D eigenvalue weighted by atomic mass is 10.1. The van der Waals surface area contributed by atoms with Gasteiger partial charge in [-0.3, -0.25) is 4.79 Å². The Labute approximate surface area is 176 Å². The van der Waals surface area contributed by atoms with Crippen molar-refractivity contribution in [3.05, 3.63) is 53.8 Å². The third-order valence-electron chi connectivity index (χ3n) is 5.16. The lowest BCUT2D eigenvalue weighted by Crippen LogP contribution is -2.44. The molecule has 0 aromatic heterocycles. The van der Waals surface area contributed by atoms with Crippen LogP contribution in [0.5, 0.6) is 0 Å². The first-order valence-electron chi connectivity index (χ1n) is 9.79. The summed E-state index contributed by atoms with van der Waals surface area (Å²) < 4.78 is 40.8. The number of carbonyl (C=O) groups excluding carboxylic acids is 1. The fourth-order valence-electron chi connectivity index (χ4n) is 3.40. The molecule has 0 spiro atoms. The minimum Gasteiger partial charge on any atom is -0.369 e. The van der Waals surface area contributed by atoms with Crippen molar-refractivity contribution in [1.29, 1.82) is 0 Å². The number of likely N-dealkylation sites (N-methyl/N-ethyl adjacent to an activating group) is 1. The van der Waals surface area contributed by atoms with E-state index in [4.69, 9.17) is 0 Å². The Morgan fingerprint density at radius 1 is 1.10 bits per heavy atom. The van der Waals surface area contributed by atoms with Crippen molar-refractivity contribution < 1.29 is 17.6 Å². The molecule has 0 saturated carbocycles. The fourth-order valence-corrected chi connectivity index (χ4v) is 4.68. The van der Waals surface area contributed by atoms with Gasteiger partial charge in [-0.25, -0.2) is 12.8 Å². The third-order valence-corrected chi connectivity index (χ3v) is 6.73. The zero-order chi connectivity index (χ0) is 21.9. The van der Waals surface area contributed by atoms with Crippen LogP contribution < -0.4 is 14.9 Å². The highest BCUT2D eigenvalue weighted by Gasteiger charge is 2.25. The molecule has 1 amide bonds. The Hall–Kier alpha value is -2.49. The van der Waals surface area contributed by atoms with Crippen molar-refractivity contribution in [2.45, 2.75) is 24.8 Å². The molecule has 0 bridgehead atoms. The van der Waals surface area contributed by atoms with Crippen LogP contribution in [-0.4, -0.2) is 58.5 Å². The van der Waals surface area contributed by atoms with E-state index in [-0.39, 0.29) is 0 Å². The summed E-state index contributed by atoms with van der Waals surface area (Å²) in [5, 5.41) is 2.72. The second-order valence-electron chi connectivity index (χ2n) is 7.55. The minimum atomic E-state index is -4.16. The molecule has 1 heterocycles. The van der Waals surface area contributed by atoms with E-state index < -0.39 is 32.7 Å². The van der Waals surface area contributed by atoms with Crippen molar-refractivity contribution in [2.75, 3.05) is 43.4 Å². The number of halogens is 1. The normalized spacial score (nSPS) is 16.3. The zero-order valence-corrected chi connectivity index (χ0v) is 18.2. The van der Waals surface area contributed by atoms with Crippen LogP contribution in [0.3, 0.4) is 0 Å². The Morgan fingerprint density at radius 3 is 2.40 bits per heavy atom. The average Bonchev–Trinajstić information content (AvgIpc) is 2.69. The van der Waals surface area contributed by atoms with Crippen molar-refractivity contribution in [3.8, 4) is 0 Å². The molecule has 1 aliphatic rings. The number of nitrogens with one attached hydrogen (secondary N) is 2. The molecule has 1 atom stereocenters. The van der Waals surface area contributed by atoms with Gasteiger partial charge in [0.15, 0.2) is 0 Å². The van der Waals surface area contributed by atoms with Crippen LogP contribution in [-0.2, 0) is 14.8 Å². The number of sulfonamides is 1. The molecule has 30 heavy (non-hydrogen) atoms. The summed E-state index contributed by atoms with van der Waals surface area (Å²) in [6.07, 6.45) is 0. The monoisotopic (exact) mass is 434 g/mol. The SMILES string of the molecule is Cc1cc(NC(=O)[C@H](C)NS(=O)(=O)c2ccccc2F)ccc1N1CCN(C)CC1. The van der Waals surface area contributed by atoms with E-state index in [1.54, 1.807) is 6.07 Å². The van der Waals surface area contributed by atoms with Crippen molar-refractivity contribution in [3.63, 3.8) is 0 Å². The molecule has 3 rings (SSSR count). The Bertz CT molecular complexity index is 1020. The first kappa shape index (κ1) is 22.2. The van der Waals surface area contributed by atoms with E-state index in [0.717, 1.165) is 49.6 Å². The van der Waals surface area contributed by atoms with Gasteiger partial charge in [0.25, 0.3) is 0 Å². The van der Waals surface area contributed by atoms with Gasteiger partial charge in [-0.15, -0.1) is 0 Å². The molecule has 2 aromatic rings. The summed E-state index contributed by atoms with van der Waals surface area (Å²) in [5.41, 5.74) is 2.72. The molecular weight excluding hydrogens is 407 g/mol. The lowest BCUT2D eigenvalue weighted by molar-refractivity contribution is -0.117. The summed E-state index contributed by atoms with van der Waals surface area (Å²) >= 11 is 0. The molecule has 162 valence electrons. The number of nitrogens with zero attached hydrogens (tertiary/aromatic N) is 2. The average molecular weight is 435 g/mol. The number of hydrogen-bond donors (Lipinski definition) is 2. The summed E-state index contributed by atoms with van der Waals surface area (Å²) in [5.74, 6) is -1.39. The molecule has 1 saturated heterocycles. The second kappa shape index (κ2) is 9.11. The van der Waals surface area contributed by atoms with Crippen LogP contribution in [0, 0.1) is 12.7 Å². The maximum absolute atomic E-state index is 13.8. The van der Waals surface area contributed by atoms with Crippen LogP contribution in [0.15, 0.2) is 47.4 Å². The van der Waals surface area contributed by atoms with Crippen LogP contribution in [0.25, 0.3) is 0 Å². The van der Waals surface area contributed by atoms with Crippen molar-refractivity contribution in [2.24, 2.45) is 0 Å². The molecule has 2 N–H and O–H groups in total. The van der Waals surface area contributed by atoms with E-state index in [0.29, 0.717) is 5.69 Å². The summed E-state index contributed by atoms with van der Waals surface area (Å²) in [6, 6.07) is 9.59. The Kier molecular flexibility index (Phi) is 6.74. The molecule has 1 aliphatic heterocycles. The van der Waals surface area contributed by atoms with Crippen molar-refractivity contribution >= 4 is 27.3 Å². The number of anilines is 2. The predicted octanol–water partition coefficient (Wildman–Crippen LogP) is 2.19. The Balaban J connectivity index is 1.65. The van der Waals surface area contributed by atoms with E-state index in [1.165, 1.54) is 19.1 Å². The number of carbonyl (C=O) groups is 1. The molecule has 2 aromatic carbocycles. The number of hydrogen-bond acceptors (Lipinski definition) is 5. The maximum Gasteiger partial charge on any atom is 0.244 e. The quantitative estimate of drug-likeness (QED) is 0.729. The largest absolute Gasteiger partial charge is 0.369 e. The topological polar surface area (TPSA) is 81.8 Å². The molecule has 0 unspecified atom stereocenters. The number of benzene rings is 2. The van der Waals surface area contributed by atoms with Crippen LogP contribution in [0.2, 0.25) is 0 Å². The van der Waals surface area contributed by atoms with Gasteiger partial charge in [-0.2, -0.15) is 4.72 Å². The van der Waals surface area contributed by atoms with E-state index in [2.05, 4.69) is 26.9 Å². The van der Waals surface area contributed by atoms with Gasteiger partial charge in [0.05, 0.1) is 6.04 Å². The number of rotatable bonds is 6. The van der Waals surface area contributed by atoms with Gasteiger partial charge >= 0.3 is 0 Å². The molecule has 0 aliphatic carbocycles. The lowest BCUT2D eigenvalue weighted by Gasteiger charge is -2.35. The van der Waals surface area contributed by atoms with Crippen molar-refractivity contribution in [1.82, 2.24) is 9.62 Å². The number of aryl methyl sites for hydroxylation is 1. The summed E-state index contributed by atoms with van der Waals surface area (Å²) in [4.78, 5) is 16.6. The Morgan fingerprint density at radius 2 is 1.77 bits per heavy atom. The molecular formula is C21H27FN4O3S. The smallest absolute Gasteiger partial charge is 0.244 e. The first-order chi connectivity index (χ1) is 14.2. The molecule has 1 fully saturated rings. The van der Waals surface area contributed by atoms with Gasteiger partial charge in [0.2, 0.25) is 15.9 Å². The third kappa shape index (κ3) is 5.16. The first-order valence-corrected chi connectivity index (χ1v) is 11.3. The molecule has 0 radical (unpaired) electrons. The highest BCUT2D eigenvalue weighted by molar-refractivity contribution is 7.89. The van der Waals surface area contributed by atoms with E-state index >= 15 is 0 Å². The second-order valence-corrected chi connectivity index (χ2v) is 9.24. The summed E-state index contributed by atoms with van der Waals surface area (Å²) in [6.45, 7) is 7.28. The van der Waals surface area contributed by atoms with Gasteiger partial charge in [0.1, 0.15) is 10.7 Å². The van der Waals surface area contributed by atoms with Gasteiger partial charge in [-0.05, 0) is 56.8 Å².